The maximum atomic E-state index is 12.9. The topological polar surface area (TPSA) is 87.4 Å². The summed E-state index contributed by atoms with van der Waals surface area (Å²) in [6.45, 7) is 0. The van der Waals surface area contributed by atoms with E-state index in [0.717, 1.165) is 18.2 Å². The molecule has 1 N–H and O–H groups in total. The lowest BCUT2D eigenvalue weighted by atomic mass is 10.2. The lowest BCUT2D eigenvalue weighted by Gasteiger charge is -2.05. The van der Waals surface area contributed by atoms with Crippen LogP contribution in [0.4, 0.5) is 4.39 Å². The molecule has 0 aliphatic rings. The number of nitriles is 1. The minimum absolute atomic E-state index is 0.167. The minimum Gasteiger partial charge on any atom is -0.504 e. The smallest absolute Gasteiger partial charge is 0.192 e. The molecule has 0 heterocycles. The van der Waals surface area contributed by atoms with Gasteiger partial charge < -0.3 is 9.84 Å². The van der Waals surface area contributed by atoms with Gasteiger partial charge in [-0.15, -0.1) is 0 Å². The molecule has 0 spiro atoms. The molecular weight excluding hydrogens is 333 g/mol. The summed E-state index contributed by atoms with van der Waals surface area (Å²) in [5.41, 5.74) is 0.711. The van der Waals surface area contributed by atoms with Gasteiger partial charge in [-0.25, -0.2) is 12.8 Å². The number of halogens is 1. The second-order valence-corrected chi connectivity index (χ2v) is 6.90. The van der Waals surface area contributed by atoms with Gasteiger partial charge in [0.15, 0.2) is 21.3 Å². The fraction of sp³-hybridized carbons (Fsp3) is 0.118. The molecule has 0 bridgehead atoms. The van der Waals surface area contributed by atoms with Gasteiger partial charge in [-0.05, 0) is 41.5 Å². The monoisotopic (exact) mass is 347 g/mol. The van der Waals surface area contributed by atoms with Gasteiger partial charge in [-0.1, -0.05) is 18.2 Å². The highest BCUT2D eigenvalue weighted by Gasteiger charge is 2.19. The highest BCUT2D eigenvalue weighted by molar-refractivity contribution is 7.95. The number of rotatable bonds is 5. The molecule has 0 saturated heterocycles. The Morgan fingerprint density at radius 3 is 2.50 bits per heavy atom. The van der Waals surface area contributed by atoms with Crippen molar-refractivity contribution in [2.45, 2.75) is 5.75 Å². The first-order valence-corrected chi connectivity index (χ1v) is 8.47. The minimum atomic E-state index is -3.90. The first kappa shape index (κ1) is 17.5. The average molecular weight is 347 g/mol. The molecular formula is C17H14FNO4S. The summed E-state index contributed by atoms with van der Waals surface area (Å²) < 4.78 is 42.5. The fourth-order valence-corrected chi connectivity index (χ4v) is 3.26. The third kappa shape index (κ3) is 4.12. The quantitative estimate of drug-likeness (QED) is 0.840. The van der Waals surface area contributed by atoms with Crippen molar-refractivity contribution in [1.82, 2.24) is 0 Å². The summed E-state index contributed by atoms with van der Waals surface area (Å²) in [5.74, 6) is -0.824. The van der Waals surface area contributed by atoms with Gasteiger partial charge >= 0.3 is 0 Å². The Kier molecular flexibility index (Phi) is 5.21. The third-order valence-corrected chi connectivity index (χ3v) is 4.81. The van der Waals surface area contributed by atoms with Gasteiger partial charge in [0, 0.05) is 0 Å². The number of methoxy groups -OCH3 is 1. The Labute approximate surface area is 139 Å². The summed E-state index contributed by atoms with van der Waals surface area (Å²) in [6.07, 6.45) is 1.16. The van der Waals surface area contributed by atoms with E-state index in [0.29, 0.717) is 11.1 Å². The Hall–Kier alpha value is -2.85. The van der Waals surface area contributed by atoms with E-state index in [4.69, 9.17) is 4.74 Å². The first-order valence-electron chi connectivity index (χ1n) is 6.82. The zero-order valence-corrected chi connectivity index (χ0v) is 13.5. The number of aromatic hydroxyl groups is 1. The van der Waals surface area contributed by atoms with E-state index in [-0.39, 0.29) is 11.5 Å². The first-order chi connectivity index (χ1) is 11.4. The average Bonchev–Trinajstić information content (AvgIpc) is 2.54. The van der Waals surface area contributed by atoms with E-state index < -0.39 is 26.3 Å². The number of hydrogen-bond acceptors (Lipinski definition) is 5. The number of ether oxygens (including phenoxy) is 1. The molecule has 0 atom stereocenters. The normalized spacial score (nSPS) is 11.8. The molecule has 2 aromatic rings. The summed E-state index contributed by atoms with van der Waals surface area (Å²) in [7, 11) is -2.51. The van der Waals surface area contributed by atoms with Crippen LogP contribution in [-0.2, 0) is 15.6 Å². The number of allylic oxidation sites excluding steroid dienone is 1. The highest BCUT2D eigenvalue weighted by atomic mass is 32.2. The molecule has 124 valence electrons. The lowest BCUT2D eigenvalue weighted by molar-refractivity contribution is 0.373. The van der Waals surface area contributed by atoms with E-state index in [1.54, 1.807) is 6.07 Å². The van der Waals surface area contributed by atoms with E-state index in [1.165, 1.54) is 37.4 Å². The second-order valence-electron chi connectivity index (χ2n) is 4.94. The summed E-state index contributed by atoms with van der Waals surface area (Å²) in [5, 5.41) is 18.9. The molecule has 0 amide bonds. The Morgan fingerprint density at radius 1 is 1.29 bits per heavy atom. The molecule has 2 rings (SSSR count). The van der Waals surface area contributed by atoms with Crippen LogP contribution < -0.4 is 4.74 Å². The Morgan fingerprint density at radius 2 is 1.96 bits per heavy atom. The van der Waals surface area contributed by atoms with Gasteiger partial charge in [-0.2, -0.15) is 5.26 Å². The third-order valence-electron chi connectivity index (χ3n) is 3.22. The van der Waals surface area contributed by atoms with Crippen molar-refractivity contribution in [2.24, 2.45) is 0 Å². The second kappa shape index (κ2) is 7.15. The Balaban J connectivity index is 2.33. The maximum absolute atomic E-state index is 12.9. The summed E-state index contributed by atoms with van der Waals surface area (Å²) in [6, 6.07) is 10.9. The Bertz CT molecular complexity index is 913. The highest BCUT2D eigenvalue weighted by Crippen LogP contribution is 2.28. The number of hydrogen-bond donors (Lipinski definition) is 1. The van der Waals surface area contributed by atoms with Crippen LogP contribution in [-0.4, -0.2) is 20.6 Å². The summed E-state index contributed by atoms with van der Waals surface area (Å²) in [4.78, 5) is -0.448. The molecule has 2 aromatic carbocycles. The number of phenols is 1. The maximum Gasteiger partial charge on any atom is 0.192 e. The van der Waals surface area contributed by atoms with Crippen LogP contribution >= 0.6 is 0 Å². The fourth-order valence-electron chi connectivity index (χ4n) is 2.02. The molecule has 0 aliphatic carbocycles. The van der Waals surface area contributed by atoms with Crippen LogP contribution in [0.25, 0.3) is 6.08 Å². The van der Waals surface area contributed by atoms with E-state index in [1.807, 2.05) is 0 Å². The molecule has 0 saturated carbocycles. The molecule has 7 heteroatoms. The number of phenolic OH excluding ortho intramolecular Hbond substituents is 1. The molecule has 0 aromatic heterocycles. The largest absolute Gasteiger partial charge is 0.504 e. The van der Waals surface area contributed by atoms with E-state index in [9.17, 15) is 23.2 Å². The predicted molar refractivity (Wildman–Crippen MR) is 87.3 cm³/mol. The summed E-state index contributed by atoms with van der Waals surface area (Å²) >= 11 is 0. The number of benzene rings is 2. The molecule has 0 unspecified atom stereocenters. The zero-order chi connectivity index (χ0) is 17.7. The van der Waals surface area contributed by atoms with Gasteiger partial charge in [0.05, 0.1) is 12.9 Å². The van der Waals surface area contributed by atoms with Crippen molar-refractivity contribution < 1.29 is 22.7 Å². The van der Waals surface area contributed by atoms with Crippen molar-refractivity contribution in [3.05, 3.63) is 64.3 Å². The van der Waals surface area contributed by atoms with Gasteiger partial charge in [0.2, 0.25) is 0 Å². The van der Waals surface area contributed by atoms with Gasteiger partial charge in [-0.3, -0.25) is 0 Å². The van der Waals surface area contributed by atoms with Crippen LogP contribution in [0.3, 0.4) is 0 Å². The van der Waals surface area contributed by atoms with Crippen molar-refractivity contribution in [2.75, 3.05) is 7.11 Å². The van der Waals surface area contributed by atoms with Gasteiger partial charge in [0.25, 0.3) is 0 Å². The van der Waals surface area contributed by atoms with Crippen molar-refractivity contribution in [3.8, 4) is 17.6 Å². The van der Waals surface area contributed by atoms with Crippen molar-refractivity contribution in [1.29, 1.82) is 5.26 Å². The lowest BCUT2D eigenvalue weighted by Crippen LogP contribution is -2.06. The molecule has 0 fully saturated rings. The molecule has 24 heavy (non-hydrogen) atoms. The SMILES string of the molecule is COc1ccc(/C=C(/C#N)S(=O)(=O)Cc2ccc(F)cc2)cc1O. The van der Waals surface area contributed by atoms with E-state index in [2.05, 4.69) is 0 Å². The van der Waals surface area contributed by atoms with Gasteiger partial charge in [0.1, 0.15) is 16.8 Å². The zero-order valence-electron chi connectivity index (χ0n) is 12.7. The van der Waals surface area contributed by atoms with Crippen LogP contribution in [0, 0.1) is 17.1 Å². The number of nitrogens with zero attached hydrogens (tertiary/aromatic N) is 1. The molecule has 5 nitrogen and oxygen atoms in total. The van der Waals surface area contributed by atoms with Crippen LogP contribution in [0.2, 0.25) is 0 Å². The van der Waals surface area contributed by atoms with Crippen LogP contribution in [0.1, 0.15) is 11.1 Å². The van der Waals surface area contributed by atoms with Crippen LogP contribution in [0.15, 0.2) is 47.4 Å². The number of sulfone groups is 1. The van der Waals surface area contributed by atoms with Crippen molar-refractivity contribution in [3.63, 3.8) is 0 Å². The standard InChI is InChI=1S/C17H14FNO4S/c1-23-17-7-4-13(9-16(17)20)8-15(10-19)24(21,22)11-12-2-5-14(18)6-3-12/h2-9,20H,11H2,1H3/b15-8-. The van der Waals surface area contributed by atoms with Crippen LogP contribution in [0.5, 0.6) is 11.5 Å². The predicted octanol–water partition coefficient (Wildman–Crippen LogP) is 3.02. The molecule has 0 radical (unpaired) electrons. The van der Waals surface area contributed by atoms with E-state index >= 15 is 0 Å². The molecule has 0 aliphatic heterocycles. The van der Waals surface area contributed by atoms with Crippen molar-refractivity contribution >= 4 is 15.9 Å².